The summed E-state index contributed by atoms with van der Waals surface area (Å²) in [6.07, 6.45) is 0. The molecular weight excluding hydrogens is 234 g/mol. The number of likely N-dealkylation sites (N-methyl/N-ethyl adjacent to an activating group) is 1. The Kier molecular flexibility index (Phi) is 2.99. The second-order valence-corrected chi connectivity index (χ2v) is 5.90. The highest BCUT2D eigenvalue weighted by atomic mass is 15.2. The molecule has 3 heteroatoms. The van der Waals surface area contributed by atoms with Crippen molar-refractivity contribution in [1.82, 2.24) is 4.90 Å². The van der Waals surface area contributed by atoms with Crippen LogP contribution in [0.3, 0.4) is 0 Å². The lowest BCUT2D eigenvalue weighted by Crippen LogP contribution is -2.45. The number of hydrogen-bond donors (Lipinski definition) is 0. The Morgan fingerprint density at radius 2 is 2.16 bits per heavy atom. The Morgan fingerprint density at radius 1 is 1.37 bits per heavy atom. The monoisotopic (exact) mass is 255 g/mol. The Balaban J connectivity index is 2.12. The number of fused-ring (bicyclic) bond motifs is 3. The summed E-state index contributed by atoms with van der Waals surface area (Å²) in [6.45, 7) is 7.89. The summed E-state index contributed by atoms with van der Waals surface area (Å²) in [4.78, 5) is 4.92. The molecule has 0 saturated carbocycles. The molecule has 1 saturated heterocycles. The van der Waals surface area contributed by atoms with Gasteiger partial charge < -0.3 is 9.80 Å². The predicted molar refractivity (Wildman–Crippen MR) is 77.4 cm³/mol. The fraction of sp³-hybridized carbons (Fsp3) is 0.562. The number of benzene rings is 1. The van der Waals surface area contributed by atoms with Crippen molar-refractivity contribution < 1.29 is 0 Å². The largest absolute Gasteiger partial charge is 0.369 e. The maximum absolute atomic E-state index is 9.13. The highest BCUT2D eigenvalue weighted by molar-refractivity contribution is 5.61. The van der Waals surface area contributed by atoms with Gasteiger partial charge >= 0.3 is 0 Å². The minimum Gasteiger partial charge on any atom is -0.369 e. The van der Waals surface area contributed by atoms with Gasteiger partial charge in [-0.1, -0.05) is 0 Å². The van der Waals surface area contributed by atoms with Crippen molar-refractivity contribution in [3.8, 4) is 6.07 Å². The van der Waals surface area contributed by atoms with Crippen molar-refractivity contribution in [1.29, 1.82) is 5.26 Å². The van der Waals surface area contributed by atoms with Gasteiger partial charge in [0.25, 0.3) is 0 Å². The maximum atomic E-state index is 9.13. The zero-order valence-corrected chi connectivity index (χ0v) is 11.9. The van der Waals surface area contributed by atoms with Crippen LogP contribution >= 0.6 is 0 Å². The van der Waals surface area contributed by atoms with Crippen LogP contribution in [-0.2, 0) is 0 Å². The number of nitrogens with zero attached hydrogens (tertiary/aromatic N) is 3. The van der Waals surface area contributed by atoms with Crippen molar-refractivity contribution in [3.63, 3.8) is 0 Å². The van der Waals surface area contributed by atoms with Crippen LogP contribution < -0.4 is 4.90 Å². The molecule has 0 radical (unpaired) electrons. The van der Waals surface area contributed by atoms with Crippen molar-refractivity contribution in [2.45, 2.75) is 25.8 Å². The molecule has 19 heavy (non-hydrogen) atoms. The van der Waals surface area contributed by atoms with Crippen LogP contribution in [0.25, 0.3) is 0 Å². The standard InChI is InChI=1S/C16H21N3/c1-4-19-11(2)14-9-18(3)10-15(14)13-7-12(8-17)5-6-16(13)19/h5-7,11,14-15H,4,9-10H2,1-3H3. The fourth-order valence-electron chi connectivity index (χ4n) is 3.94. The highest BCUT2D eigenvalue weighted by Gasteiger charge is 2.42. The Labute approximate surface area is 115 Å². The van der Waals surface area contributed by atoms with Gasteiger partial charge in [-0.05, 0) is 50.6 Å². The highest BCUT2D eigenvalue weighted by Crippen LogP contribution is 2.45. The first-order valence-electron chi connectivity index (χ1n) is 7.15. The first-order valence-corrected chi connectivity index (χ1v) is 7.15. The second-order valence-electron chi connectivity index (χ2n) is 5.90. The zero-order valence-electron chi connectivity index (χ0n) is 11.9. The van der Waals surface area contributed by atoms with E-state index in [-0.39, 0.29) is 0 Å². The quantitative estimate of drug-likeness (QED) is 0.772. The number of anilines is 1. The Morgan fingerprint density at radius 3 is 2.84 bits per heavy atom. The van der Waals surface area contributed by atoms with E-state index in [4.69, 9.17) is 5.26 Å². The average Bonchev–Trinajstić information content (AvgIpc) is 2.81. The van der Waals surface area contributed by atoms with Gasteiger partial charge in [-0.25, -0.2) is 0 Å². The number of hydrogen-bond acceptors (Lipinski definition) is 3. The second kappa shape index (κ2) is 4.54. The van der Waals surface area contributed by atoms with Crippen molar-refractivity contribution >= 4 is 5.69 Å². The summed E-state index contributed by atoms with van der Waals surface area (Å²) in [5.74, 6) is 1.28. The minimum atomic E-state index is 0.584. The Hall–Kier alpha value is -1.53. The van der Waals surface area contributed by atoms with Crippen LogP contribution in [0.15, 0.2) is 18.2 Å². The van der Waals surface area contributed by atoms with Gasteiger partial charge in [0.05, 0.1) is 11.6 Å². The first kappa shape index (κ1) is 12.5. The van der Waals surface area contributed by atoms with Crippen LogP contribution in [0.2, 0.25) is 0 Å². The van der Waals surface area contributed by atoms with Crippen LogP contribution in [0.1, 0.15) is 30.9 Å². The van der Waals surface area contributed by atoms with Gasteiger partial charge in [-0.2, -0.15) is 5.26 Å². The molecule has 0 spiro atoms. The van der Waals surface area contributed by atoms with E-state index >= 15 is 0 Å². The Bertz CT molecular complexity index is 531. The van der Waals surface area contributed by atoms with Crippen LogP contribution in [-0.4, -0.2) is 37.6 Å². The molecule has 1 aromatic carbocycles. The van der Waals surface area contributed by atoms with Crippen molar-refractivity contribution in [2.75, 3.05) is 31.6 Å². The van der Waals surface area contributed by atoms with Gasteiger partial charge in [0.1, 0.15) is 0 Å². The van der Waals surface area contributed by atoms with Gasteiger partial charge in [0.15, 0.2) is 0 Å². The third kappa shape index (κ3) is 1.82. The molecule has 1 fully saturated rings. The topological polar surface area (TPSA) is 30.3 Å². The number of rotatable bonds is 1. The molecule has 2 aliphatic heterocycles. The molecule has 100 valence electrons. The van der Waals surface area contributed by atoms with Crippen LogP contribution in [0.4, 0.5) is 5.69 Å². The molecule has 3 rings (SSSR count). The molecule has 0 aliphatic carbocycles. The molecule has 3 unspecified atom stereocenters. The van der Waals surface area contributed by atoms with Crippen molar-refractivity contribution in [2.24, 2.45) is 5.92 Å². The van der Waals surface area contributed by atoms with E-state index < -0.39 is 0 Å². The summed E-state index contributed by atoms with van der Waals surface area (Å²) in [7, 11) is 2.20. The van der Waals surface area contributed by atoms with Crippen LogP contribution in [0, 0.1) is 17.2 Å². The SMILES string of the molecule is CCN1c2ccc(C#N)cc2C2CN(C)CC2C1C. The molecule has 1 aromatic rings. The lowest BCUT2D eigenvalue weighted by atomic mass is 9.78. The molecule has 0 N–H and O–H groups in total. The lowest BCUT2D eigenvalue weighted by molar-refractivity contribution is 0.360. The summed E-state index contributed by atoms with van der Waals surface area (Å²) in [6, 6.07) is 9.07. The molecular formula is C16H21N3. The van der Waals surface area contributed by atoms with E-state index in [9.17, 15) is 0 Å². The number of nitriles is 1. The predicted octanol–water partition coefficient (Wildman–Crippen LogP) is 2.43. The lowest BCUT2D eigenvalue weighted by Gasteiger charge is -2.43. The van der Waals surface area contributed by atoms with Gasteiger partial charge in [0, 0.05) is 37.3 Å². The van der Waals surface area contributed by atoms with Crippen molar-refractivity contribution in [3.05, 3.63) is 29.3 Å². The summed E-state index contributed by atoms with van der Waals surface area (Å²) in [5.41, 5.74) is 3.51. The molecule has 0 amide bonds. The van der Waals surface area contributed by atoms with E-state index in [1.165, 1.54) is 17.8 Å². The third-order valence-electron chi connectivity index (χ3n) is 4.87. The van der Waals surface area contributed by atoms with Gasteiger partial charge in [0.2, 0.25) is 0 Å². The smallest absolute Gasteiger partial charge is 0.0991 e. The van der Waals surface area contributed by atoms with E-state index in [0.717, 1.165) is 18.7 Å². The van der Waals surface area contributed by atoms with E-state index in [1.54, 1.807) is 0 Å². The molecule has 2 aliphatic rings. The molecule has 3 atom stereocenters. The minimum absolute atomic E-state index is 0.584. The molecule has 0 aromatic heterocycles. The van der Waals surface area contributed by atoms with Gasteiger partial charge in [-0.15, -0.1) is 0 Å². The van der Waals surface area contributed by atoms with E-state index in [2.05, 4.69) is 48.9 Å². The first-order chi connectivity index (χ1) is 9.15. The fourth-order valence-corrected chi connectivity index (χ4v) is 3.94. The molecule has 3 nitrogen and oxygen atoms in total. The normalized spacial score (nSPS) is 29.8. The summed E-state index contributed by atoms with van der Waals surface area (Å²) in [5, 5.41) is 9.13. The summed E-state index contributed by atoms with van der Waals surface area (Å²) >= 11 is 0. The molecule has 2 heterocycles. The number of likely N-dealkylation sites (tertiary alicyclic amines) is 1. The van der Waals surface area contributed by atoms with E-state index in [1.807, 2.05) is 6.07 Å². The zero-order chi connectivity index (χ0) is 13.6. The summed E-state index contributed by atoms with van der Waals surface area (Å²) < 4.78 is 0. The third-order valence-corrected chi connectivity index (χ3v) is 4.87. The van der Waals surface area contributed by atoms with Crippen LogP contribution in [0.5, 0.6) is 0 Å². The average molecular weight is 255 g/mol. The van der Waals surface area contributed by atoms with E-state index in [0.29, 0.717) is 17.9 Å². The maximum Gasteiger partial charge on any atom is 0.0991 e. The molecule has 0 bridgehead atoms. The van der Waals surface area contributed by atoms with Gasteiger partial charge in [-0.3, -0.25) is 0 Å².